The number of phenolic OH excluding ortho intramolecular Hbond substituents is 1. The Morgan fingerprint density at radius 2 is 2.00 bits per heavy atom. The second kappa shape index (κ2) is 3.80. The van der Waals surface area contributed by atoms with E-state index in [-0.39, 0.29) is 0 Å². The normalized spacial score (nSPS) is 10.4. The van der Waals surface area contributed by atoms with Crippen LogP contribution in [0.15, 0.2) is 29.8 Å². The minimum atomic E-state index is 0.294. The number of rotatable bonds is 2. The predicted molar refractivity (Wildman–Crippen MR) is 58.6 cm³/mol. The van der Waals surface area contributed by atoms with Crippen molar-refractivity contribution in [3.8, 4) is 17.0 Å². The van der Waals surface area contributed by atoms with Gasteiger partial charge in [0.25, 0.3) is 0 Å². The molecule has 2 rings (SSSR count). The van der Waals surface area contributed by atoms with E-state index in [0.717, 1.165) is 17.7 Å². The summed E-state index contributed by atoms with van der Waals surface area (Å²) < 4.78 is 0. The van der Waals surface area contributed by atoms with Crippen molar-refractivity contribution in [3.63, 3.8) is 0 Å². The van der Waals surface area contributed by atoms with Gasteiger partial charge in [-0.2, -0.15) is 0 Å². The topological polar surface area (TPSA) is 33.1 Å². The van der Waals surface area contributed by atoms with E-state index >= 15 is 0 Å². The molecule has 0 aliphatic heterocycles. The lowest BCUT2D eigenvalue weighted by Crippen LogP contribution is -1.82. The summed E-state index contributed by atoms with van der Waals surface area (Å²) in [4.78, 5) is 5.61. The molecule has 0 spiro atoms. The molecule has 14 heavy (non-hydrogen) atoms. The van der Waals surface area contributed by atoms with E-state index in [4.69, 9.17) is 5.11 Å². The molecule has 2 aromatic rings. The zero-order chi connectivity index (χ0) is 9.97. The van der Waals surface area contributed by atoms with E-state index in [1.165, 1.54) is 4.88 Å². The molecule has 0 fully saturated rings. The highest BCUT2D eigenvalue weighted by atomic mass is 32.1. The lowest BCUT2D eigenvalue weighted by atomic mass is 10.1. The van der Waals surface area contributed by atoms with Gasteiger partial charge in [0, 0.05) is 10.4 Å². The van der Waals surface area contributed by atoms with Crippen molar-refractivity contribution in [3.05, 3.63) is 34.7 Å². The third-order valence-corrected chi connectivity index (χ3v) is 3.08. The number of thiazole rings is 1. The number of nitrogens with zero attached hydrogens (tertiary/aromatic N) is 1. The van der Waals surface area contributed by atoms with Gasteiger partial charge in [0.1, 0.15) is 5.75 Å². The number of phenols is 1. The molecule has 0 atom stereocenters. The molecule has 72 valence electrons. The van der Waals surface area contributed by atoms with Gasteiger partial charge >= 0.3 is 0 Å². The number of aryl methyl sites for hydroxylation is 1. The Hall–Kier alpha value is -1.35. The summed E-state index contributed by atoms with van der Waals surface area (Å²) in [7, 11) is 0. The lowest BCUT2D eigenvalue weighted by molar-refractivity contribution is 0.475. The Balaban J connectivity index is 2.44. The number of aromatic hydroxyl groups is 1. The van der Waals surface area contributed by atoms with Crippen LogP contribution in [-0.2, 0) is 6.42 Å². The zero-order valence-corrected chi connectivity index (χ0v) is 8.71. The van der Waals surface area contributed by atoms with Gasteiger partial charge in [-0.05, 0) is 30.7 Å². The molecular weight excluding hydrogens is 194 g/mol. The maximum atomic E-state index is 9.16. The fourth-order valence-electron chi connectivity index (χ4n) is 1.38. The Kier molecular flexibility index (Phi) is 2.50. The van der Waals surface area contributed by atoms with Crippen LogP contribution in [0.1, 0.15) is 11.8 Å². The lowest BCUT2D eigenvalue weighted by Gasteiger charge is -1.99. The first-order valence-electron chi connectivity index (χ1n) is 4.53. The number of hydrogen-bond acceptors (Lipinski definition) is 3. The molecule has 2 nitrogen and oxygen atoms in total. The molecule has 0 aliphatic rings. The molecule has 3 heteroatoms. The fourth-order valence-corrected chi connectivity index (χ4v) is 2.11. The summed E-state index contributed by atoms with van der Waals surface area (Å²) in [6, 6.07) is 7.16. The smallest absolute Gasteiger partial charge is 0.115 e. The van der Waals surface area contributed by atoms with Gasteiger partial charge in [0.2, 0.25) is 0 Å². The third kappa shape index (κ3) is 1.63. The quantitative estimate of drug-likeness (QED) is 0.817. The van der Waals surface area contributed by atoms with Gasteiger partial charge in [-0.3, -0.25) is 0 Å². The number of aromatic nitrogens is 1. The molecule has 0 saturated carbocycles. The summed E-state index contributed by atoms with van der Waals surface area (Å²) in [5, 5.41) is 9.16. The van der Waals surface area contributed by atoms with Gasteiger partial charge in [-0.15, -0.1) is 11.3 Å². The molecule has 0 unspecified atom stereocenters. The van der Waals surface area contributed by atoms with Crippen molar-refractivity contribution in [2.24, 2.45) is 0 Å². The van der Waals surface area contributed by atoms with Crippen molar-refractivity contribution < 1.29 is 5.11 Å². The third-order valence-electron chi connectivity index (χ3n) is 2.10. The number of hydrogen-bond donors (Lipinski definition) is 1. The molecular formula is C11H11NOS. The number of benzene rings is 1. The molecule has 0 saturated heterocycles. The van der Waals surface area contributed by atoms with Gasteiger partial charge in [0.15, 0.2) is 0 Å². The summed E-state index contributed by atoms with van der Waals surface area (Å²) in [5.74, 6) is 0.294. The van der Waals surface area contributed by atoms with E-state index in [1.54, 1.807) is 23.5 Å². The minimum absolute atomic E-state index is 0.294. The van der Waals surface area contributed by atoms with Gasteiger partial charge in [0.05, 0.1) is 11.2 Å². The fraction of sp³-hybridized carbons (Fsp3) is 0.182. The van der Waals surface area contributed by atoms with Crippen LogP contribution in [0.2, 0.25) is 0 Å². The highest BCUT2D eigenvalue weighted by molar-refractivity contribution is 7.10. The Labute approximate surface area is 86.9 Å². The van der Waals surface area contributed by atoms with E-state index in [1.807, 2.05) is 17.6 Å². The monoisotopic (exact) mass is 205 g/mol. The zero-order valence-electron chi connectivity index (χ0n) is 7.90. The van der Waals surface area contributed by atoms with Gasteiger partial charge in [-0.25, -0.2) is 4.98 Å². The molecule has 0 radical (unpaired) electrons. The highest BCUT2D eigenvalue weighted by Gasteiger charge is 2.06. The molecule has 1 aromatic carbocycles. The Morgan fingerprint density at radius 1 is 1.29 bits per heavy atom. The highest BCUT2D eigenvalue weighted by Crippen LogP contribution is 2.26. The molecule has 1 heterocycles. The maximum Gasteiger partial charge on any atom is 0.115 e. The first kappa shape index (κ1) is 9.21. The molecule has 0 bridgehead atoms. The van der Waals surface area contributed by atoms with Crippen LogP contribution < -0.4 is 0 Å². The summed E-state index contributed by atoms with van der Waals surface area (Å²) in [6.07, 6.45) is 1.00. The van der Waals surface area contributed by atoms with Crippen molar-refractivity contribution in [2.75, 3.05) is 0 Å². The van der Waals surface area contributed by atoms with E-state index < -0.39 is 0 Å². The Morgan fingerprint density at radius 3 is 2.64 bits per heavy atom. The van der Waals surface area contributed by atoms with Crippen molar-refractivity contribution in [2.45, 2.75) is 13.3 Å². The first-order chi connectivity index (χ1) is 6.81. The van der Waals surface area contributed by atoms with Crippen LogP contribution in [0.3, 0.4) is 0 Å². The van der Waals surface area contributed by atoms with E-state index in [9.17, 15) is 0 Å². The SMILES string of the molecule is CCc1scnc1-c1ccc(O)cc1. The van der Waals surface area contributed by atoms with E-state index in [2.05, 4.69) is 11.9 Å². The van der Waals surface area contributed by atoms with Crippen LogP contribution >= 0.6 is 11.3 Å². The van der Waals surface area contributed by atoms with Crippen LogP contribution in [0, 0.1) is 0 Å². The predicted octanol–water partition coefficient (Wildman–Crippen LogP) is 3.08. The van der Waals surface area contributed by atoms with E-state index in [0.29, 0.717) is 5.75 Å². The molecule has 0 aliphatic carbocycles. The second-order valence-electron chi connectivity index (χ2n) is 3.02. The Bertz CT molecular complexity index is 419. The van der Waals surface area contributed by atoms with Crippen molar-refractivity contribution in [1.29, 1.82) is 0 Å². The molecule has 0 amide bonds. The standard InChI is InChI=1S/C11H11NOS/c1-2-10-11(12-7-14-10)8-3-5-9(13)6-4-8/h3-7,13H,2H2,1H3. The van der Waals surface area contributed by atoms with Crippen LogP contribution in [0.5, 0.6) is 5.75 Å². The maximum absolute atomic E-state index is 9.16. The summed E-state index contributed by atoms with van der Waals surface area (Å²) in [6.45, 7) is 2.12. The second-order valence-corrected chi connectivity index (χ2v) is 3.96. The average molecular weight is 205 g/mol. The van der Waals surface area contributed by atoms with Gasteiger partial charge < -0.3 is 5.11 Å². The molecule has 1 N–H and O–H groups in total. The minimum Gasteiger partial charge on any atom is -0.508 e. The van der Waals surface area contributed by atoms with Crippen LogP contribution in [-0.4, -0.2) is 10.1 Å². The summed E-state index contributed by atoms with van der Waals surface area (Å²) in [5.41, 5.74) is 3.97. The largest absolute Gasteiger partial charge is 0.508 e. The average Bonchev–Trinajstić information content (AvgIpc) is 2.67. The first-order valence-corrected chi connectivity index (χ1v) is 5.41. The van der Waals surface area contributed by atoms with Crippen molar-refractivity contribution >= 4 is 11.3 Å². The molecule has 1 aromatic heterocycles. The van der Waals surface area contributed by atoms with Gasteiger partial charge in [-0.1, -0.05) is 6.92 Å². The summed E-state index contributed by atoms with van der Waals surface area (Å²) >= 11 is 1.67. The van der Waals surface area contributed by atoms with Crippen molar-refractivity contribution in [1.82, 2.24) is 4.98 Å². The van der Waals surface area contributed by atoms with Crippen LogP contribution in [0.25, 0.3) is 11.3 Å². The van der Waals surface area contributed by atoms with Crippen LogP contribution in [0.4, 0.5) is 0 Å².